The molecular formula is C14H14N6O2S. The van der Waals surface area contributed by atoms with Gasteiger partial charge in [-0.2, -0.15) is 4.99 Å². The van der Waals surface area contributed by atoms with E-state index in [1.807, 2.05) is 30.3 Å². The molecule has 118 valence electrons. The summed E-state index contributed by atoms with van der Waals surface area (Å²) in [5.74, 6) is -0.529. The van der Waals surface area contributed by atoms with Gasteiger partial charge in [-0.1, -0.05) is 30.0 Å². The number of nitro benzene ring substituents is 1. The topological polar surface area (TPSA) is 146 Å². The first-order chi connectivity index (χ1) is 11.0. The van der Waals surface area contributed by atoms with Crippen LogP contribution in [0.4, 0.5) is 11.4 Å². The standard InChI is InChI=1S/C14H14N6O2S/c15-13(16)19-14(17)18-11-8-10(6-7-12(11)20(21)22)23-9-4-2-1-3-5-9/h1-8H,(H6,15,16,17,18,19). The van der Waals surface area contributed by atoms with Gasteiger partial charge in [0.1, 0.15) is 5.69 Å². The van der Waals surface area contributed by atoms with Crippen molar-refractivity contribution in [2.75, 3.05) is 0 Å². The molecule has 0 fully saturated rings. The number of benzene rings is 2. The largest absolute Gasteiger partial charge is 0.370 e. The Labute approximate surface area is 136 Å². The van der Waals surface area contributed by atoms with Gasteiger partial charge >= 0.3 is 0 Å². The highest BCUT2D eigenvalue weighted by molar-refractivity contribution is 7.99. The van der Waals surface area contributed by atoms with Crippen molar-refractivity contribution in [3.63, 3.8) is 0 Å². The number of nitrogens with zero attached hydrogens (tertiary/aromatic N) is 3. The molecule has 0 aliphatic carbocycles. The molecule has 6 N–H and O–H groups in total. The van der Waals surface area contributed by atoms with Gasteiger partial charge in [0, 0.05) is 15.9 Å². The zero-order valence-electron chi connectivity index (χ0n) is 11.9. The zero-order valence-corrected chi connectivity index (χ0v) is 12.7. The van der Waals surface area contributed by atoms with E-state index >= 15 is 0 Å². The Morgan fingerprint density at radius 2 is 1.74 bits per heavy atom. The molecule has 0 radical (unpaired) electrons. The number of hydrogen-bond donors (Lipinski definition) is 3. The SMILES string of the molecule is NC(N)=NC(N)=Nc1cc(Sc2ccccc2)ccc1[N+](=O)[O-]. The average Bonchev–Trinajstić information content (AvgIpc) is 2.47. The van der Waals surface area contributed by atoms with E-state index in [9.17, 15) is 10.1 Å². The van der Waals surface area contributed by atoms with E-state index in [-0.39, 0.29) is 23.3 Å². The molecule has 0 heterocycles. The van der Waals surface area contributed by atoms with Gasteiger partial charge in [-0.15, -0.1) is 0 Å². The lowest BCUT2D eigenvalue weighted by atomic mass is 10.3. The summed E-state index contributed by atoms with van der Waals surface area (Å²) < 4.78 is 0. The fraction of sp³-hybridized carbons (Fsp3) is 0. The molecule has 0 bridgehead atoms. The Bertz CT molecular complexity index is 772. The lowest BCUT2D eigenvalue weighted by Crippen LogP contribution is -2.26. The number of guanidine groups is 2. The molecule has 0 aromatic heterocycles. The van der Waals surface area contributed by atoms with Crippen LogP contribution in [0.5, 0.6) is 0 Å². The molecule has 0 saturated heterocycles. The normalized spacial score (nSPS) is 11.0. The Morgan fingerprint density at radius 1 is 1.04 bits per heavy atom. The van der Waals surface area contributed by atoms with Crippen molar-refractivity contribution in [2.45, 2.75) is 9.79 Å². The van der Waals surface area contributed by atoms with Crippen LogP contribution in [-0.4, -0.2) is 16.8 Å². The van der Waals surface area contributed by atoms with Crippen LogP contribution in [0.2, 0.25) is 0 Å². The molecule has 0 saturated carbocycles. The highest BCUT2D eigenvalue weighted by atomic mass is 32.2. The van der Waals surface area contributed by atoms with E-state index in [1.165, 1.54) is 17.8 Å². The predicted molar refractivity (Wildman–Crippen MR) is 90.8 cm³/mol. The molecular weight excluding hydrogens is 316 g/mol. The second-order valence-corrected chi connectivity index (χ2v) is 5.48. The molecule has 0 amide bonds. The van der Waals surface area contributed by atoms with Crippen LogP contribution < -0.4 is 17.2 Å². The van der Waals surface area contributed by atoms with Crippen LogP contribution in [0.25, 0.3) is 0 Å². The van der Waals surface area contributed by atoms with E-state index in [4.69, 9.17) is 17.2 Å². The first kappa shape index (κ1) is 16.3. The second-order valence-electron chi connectivity index (χ2n) is 4.33. The number of nitrogens with two attached hydrogens (primary N) is 3. The summed E-state index contributed by atoms with van der Waals surface area (Å²) >= 11 is 1.45. The first-order valence-electron chi connectivity index (χ1n) is 6.41. The van der Waals surface area contributed by atoms with Crippen molar-refractivity contribution in [1.29, 1.82) is 0 Å². The molecule has 0 spiro atoms. The number of aliphatic imine (C=N–C) groups is 2. The number of nitro groups is 1. The third kappa shape index (κ3) is 4.71. The maximum absolute atomic E-state index is 11.1. The van der Waals surface area contributed by atoms with Crippen molar-refractivity contribution in [2.24, 2.45) is 27.2 Å². The van der Waals surface area contributed by atoms with Gasteiger partial charge in [-0.05, 0) is 24.3 Å². The van der Waals surface area contributed by atoms with Gasteiger partial charge in [0.2, 0.25) is 5.96 Å². The van der Waals surface area contributed by atoms with E-state index in [1.54, 1.807) is 12.1 Å². The smallest absolute Gasteiger partial charge is 0.295 e. The monoisotopic (exact) mass is 330 g/mol. The van der Waals surface area contributed by atoms with E-state index in [0.29, 0.717) is 0 Å². The summed E-state index contributed by atoms with van der Waals surface area (Å²) in [6.07, 6.45) is 0. The van der Waals surface area contributed by atoms with Gasteiger partial charge in [0.05, 0.1) is 4.92 Å². The van der Waals surface area contributed by atoms with Crippen molar-refractivity contribution >= 4 is 35.1 Å². The van der Waals surface area contributed by atoms with E-state index in [2.05, 4.69) is 9.98 Å². The van der Waals surface area contributed by atoms with Crippen LogP contribution in [-0.2, 0) is 0 Å². The van der Waals surface area contributed by atoms with E-state index < -0.39 is 4.92 Å². The fourth-order valence-corrected chi connectivity index (χ4v) is 2.59. The molecule has 2 rings (SSSR count). The highest BCUT2D eigenvalue weighted by Gasteiger charge is 2.14. The van der Waals surface area contributed by atoms with Crippen molar-refractivity contribution in [3.05, 3.63) is 58.6 Å². The van der Waals surface area contributed by atoms with E-state index in [0.717, 1.165) is 9.79 Å². The summed E-state index contributed by atoms with van der Waals surface area (Å²) in [6.45, 7) is 0. The van der Waals surface area contributed by atoms with Crippen LogP contribution in [0.1, 0.15) is 0 Å². The van der Waals surface area contributed by atoms with Gasteiger partial charge in [0.15, 0.2) is 5.96 Å². The van der Waals surface area contributed by atoms with Crippen LogP contribution in [0.15, 0.2) is 68.3 Å². The number of hydrogen-bond acceptors (Lipinski definition) is 4. The minimum absolute atomic E-state index is 0.0819. The Kier molecular flexibility index (Phi) is 5.15. The van der Waals surface area contributed by atoms with Gasteiger partial charge < -0.3 is 17.2 Å². The molecule has 8 nitrogen and oxygen atoms in total. The lowest BCUT2D eigenvalue weighted by molar-refractivity contribution is -0.384. The minimum Gasteiger partial charge on any atom is -0.370 e. The minimum atomic E-state index is -0.543. The van der Waals surface area contributed by atoms with Gasteiger partial charge in [-0.25, -0.2) is 4.99 Å². The van der Waals surface area contributed by atoms with Crippen LogP contribution in [0.3, 0.4) is 0 Å². The Balaban J connectivity index is 2.40. The Hall–Kier alpha value is -3.07. The van der Waals surface area contributed by atoms with Gasteiger partial charge in [-0.3, -0.25) is 10.1 Å². The molecule has 0 aliphatic rings. The molecule has 0 unspecified atom stereocenters. The van der Waals surface area contributed by atoms with Crippen LogP contribution >= 0.6 is 11.8 Å². The van der Waals surface area contributed by atoms with Gasteiger partial charge in [0.25, 0.3) is 5.69 Å². The Morgan fingerprint density at radius 3 is 2.35 bits per heavy atom. The summed E-state index contributed by atoms with van der Waals surface area (Å²) in [5, 5.41) is 11.1. The third-order valence-electron chi connectivity index (χ3n) is 2.60. The zero-order chi connectivity index (χ0) is 16.8. The summed E-state index contributed by atoms with van der Waals surface area (Å²) in [7, 11) is 0. The lowest BCUT2D eigenvalue weighted by Gasteiger charge is -2.04. The molecule has 2 aromatic rings. The summed E-state index contributed by atoms with van der Waals surface area (Å²) in [5.41, 5.74) is 15.9. The molecule has 23 heavy (non-hydrogen) atoms. The molecule has 0 atom stereocenters. The molecule has 9 heteroatoms. The average molecular weight is 330 g/mol. The quantitative estimate of drug-likeness (QED) is 0.338. The summed E-state index contributed by atoms with van der Waals surface area (Å²) in [6, 6.07) is 14.2. The molecule has 0 aliphatic heterocycles. The maximum atomic E-state index is 11.1. The predicted octanol–water partition coefficient (Wildman–Crippen LogP) is 1.97. The second kappa shape index (κ2) is 7.27. The summed E-state index contributed by atoms with van der Waals surface area (Å²) in [4.78, 5) is 19.8. The number of rotatable bonds is 4. The maximum Gasteiger partial charge on any atom is 0.295 e. The highest BCUT2D eigenvalue weighted by Crippen LogP contribution is 2.35. The third-order valence-corrected chi connectivity index (χ3v) is 3.60. The molecule has 2 aromatic carbocycles. The van der Waals surface area contributed by atoms with Crippen molar-refractivity contribution < 1.29 is 4.92 Å². The fourth-order valence-electron chi connectivity index (χ4n) is 1.72. The first-order valence-corrected chi connectivity index (χ1v) is 7.22. The van der Waals surface area contributed by atoms with Crippen LogP contribution in [0, 0.1) is 10.1 Å². The van der Waals surface area contributed by atoms with Crippen molar-refractivity contribution in [1.82, 2.24) is 0 Å². The van der Waals surface area contributed by atoms with Crippen molar-refractivity contribution in [3.8, 4) is 0 Å².